The number of ether oxygens (including phenoxy) is 1. The lowest BCUT2D eigenvalue weighted by atomic mass is 9.74. The molecule has 0 saturated carbocycles. The van der Waals surface area contributed by atoms with Crippen molar-refractivity contribution in [2.45, 2.75) is 31.3 Å². The smallest absolute Gasteiger partial charge is 0.166 e. The van der Waals surface area contributed by atoms with E-state index in [9.17, 15) is 4.79 Å². The molecule has 1 aliphatic heterocycles. The SMILES string of the molecule is O=C(CC1Cc2ccccc21)C1OCCc2ccccc21. The predicted octanol–water partition coefficient (Wildman–Crippen LogP) is 3.60. The summed E-state index contributed by atoms with van der Waals surface area (Å²) in [5, 5.41) is 0. The van der Waals surface area contributed by atoms with Crippen LogP contribution in [-0.2, 0) is 22.4 Å². The molecule has 2 nitrogen and oxygen atoms in total. The van der Waals surface area contributed by atoms with E-state index in [1.807, 2.05) is 18.2 Å². The lowest BCUT2D eigenvalue weighted by Crippen LogP contribution is -2.27. The first-order valence-corrected chi connectivity index (χ1v) is 7.63. The lowest BCUT2D eigenvalue weighted by Gasteiger charge is -2.32. The number of benzene rings is 2. The van der Waals surface area contributed by atoms with Crippen molar-refractivity contribution in [2.75, 3.05) is 6.61 Å². The summed E-state index contributed by atoms with van der Waals surface area (Å²) < 4.78 is 5.77. The Morgan fingerprint density at radius 1 is 1.00 bits per heavy atom. The predicted molar refractivity (Wildman–Crippen MR) is 81.4 cm³/mol. The molecule has 106 valence electrons. The van der Waals surface area contributed by atoms with Gasteiger partial charge in [-0.2, -0.15) is 0 Å². The van der Waals surface area contributed by atoms with E-state index in [-0.39, 0.29) is 11.9 Å². The van der Waals surface area contributed by atoms with Crippen LogP contribution in [0, 0.1) is 0 Å². The summed E-state index contributed by atoms with van der Waals surface area (Å²) >= 11 is 0. The highest BCUT2D eigenvalue weighted by Crippen LogP contribution is 2.39. The third-order valence-corrected chi connectivity index (χ3v) is 4.69. The highest BCUT2D eigenvalue weighted by Gasteiger charge is 2.33. The molecule has 2 aromatic carbocycles. The second kappa shape index (κ2) is 5.12. The van der Waals surface area contributed by atoms with Crippen molar-refractivity contribution in [1.29, 1.82) is 0 Å². The Morgan fingerprint density at radius 3 is 2.52 bits per heavy atom. The maximum Gasteiger partial charge on any atom is 0.166 e. The summed E-state index contributed by atoms with van der Waals surface area (Å²) in [5.41, 5.74) is 5.06. The molecule has 1 heterocycles. The van der Waals surface area contributed by atoms with Gasteiger partial charge in [-0.1, -0.05) is 48.5 Å². The van der Waals surface area contributed by atoms with Crippen LogP contribution < -0.4 is 0 Å². The van der Waals surface area contributed by atoms with E-state index in [0.717, 1.165) is 18.4 Å². The molecule has 0 N–H and O–H groups in total. The fraction of sp³-hybridized carbons (Fsp3) is 0.316. The molecule has 2 heteroatoms. The minimum absolute atomic E-state index is 0.224. The van der Waals surface area contributed by atoms with Crippen LogP contribution in [0.1, 0.15) is 40.7 Å². The molecule has 2 atom stereocenters. The number of ketones is 1. The minimum atomic E-state index is -0.359. The first kappa shape index (κ1) is 12.8. The maximum atomic E-state index is 12.6. The van der Waals surface area contributed by atoms with Gasteiger partial charge in [-0.3, -0.25) is 4.79 Å². The highest BCUT2D eigenvalue weighted by atomic mass is 16.5. The number of carbonyl (C=O) groups is 1. The van der Waals surface area contributed by atoms with Gasteiger partial charge >= 0.3 is 0 Å². The summed E-state index contributed by atoms with van der Waals surface area (Å²) in [6.45, 7) is 0.647. The van der Waals surface area contributed by atoms with Gasteiger partial charge in [0.25, 0.3) is 0 Å². The normalized spacial score (nSPS) is 22.9. The molecule has 1 aliphatic carbocycles. The van der Waals surface area contributed by atoms with Crippen molar-refractivity contribution in [1.82, 2.24) is 0 Å². The Balaban J connectivity index is 1.52. The topological polar surface area (TPSA) is 26.3 Å². The molecule has 2 aliphatic rings. The van der Waals surface area contributed by atoms with Gasteiger partial charge in [0.15, 0.2) is 5.78 Å². The van der Waals surface area contributed by atoms with Crippen molar-refractivity contribution in [3.05, 3.63) is 70.8 Å². The molecule has 21 heavy (non-hydrogen) atoms. The van der Waals surface area contributed by atoms with E-state index in [1.54, 1.807) is 0 Å². The Bertz CT molecular complexity index is 689. The fourth-order valence-electron chi connectivity index (χ4n) is 3.56. The zero-order valence-electron chi connectivity index (χ0n) is 11.9. The van der Waals surface area contributed by atoms with Crippen LogP contribution in [0.5, 0.6) is 0 Å². The van der Waals surface area contributed by atoms with E-state index >= 15 is 0 Å². The van der Waals surface area contributed by atoms with Crippen molar-refractivity contribution >= 4 is 5.78 Å². The average Bonchev–Trinajstić information content (AvgIpc) is 2.52. The number of hydrogen-bond acceptors (Lipinski definition) is 2. The summed E-state index contributed by atoms with van der Waals surface area (Å²) in [6, 6.07) is 16.6. The quantitative estimate of drug-likeness (QED) is 0.857. The molecule has 0 saturated heterocycles. The Hall–Kier alpha value is -1.93. The molecule has 2 unspecified atom stereocenters. The maximum absolute atomic E-state index is 12.6. The zero-order valence-corrected chi connectivity index (χ0v) is 11.9. The first-order chi connectivity index (χ1) is 10.3. The lowest BCUT2D eigenvalue weighted by molar-refractivity contribution is -0.132. The fourth-order valence-corrected chi connectivity index (χ4v) is 3.56. The van der Waals surface area contributed by atoms with Gasteiger partial charge in [0.05, 0.1) is 6.61 Å². The molecule has 0 spiro atoms. The molecular formula is C19H18O2. The average molecular weight is 278 g/mol. The molecule has 2 aromatic rings. The van der Waals surface area contributed by atoms with Crippen molar-refractivity contribution in [3.63, 3.8) is 0 Å². The van der Waals surface area contributed by atoms with Crippen LogP contribution in [0.2, 0.25) is 0 Å². The number of carbonyl (C=O) groups excluding carboxylic acids is 1. The molecule has 0 bridgehead atoms. The zero-order chi connectivity index (χ0) is 14.2. The molecule has 0 amide bonds. The van der Waals surface area contributed by atoms with Crippen LogP contribution in [0.15, 0.2) is 48.5 Å². The number of hydrogen-bond donors (Lipinski definition) is 0. The summed E-state index contributed by atoms with van der Waals surface area (Å²) in [4.78, 5) is 12.6. The van der Waals surface area contributed by atoms with Gasteiger partial charge in [-0.15, -0.1) is 0 Å². The molecule has 4 rings (SSSR count). The van der Waals surface area contributed by atoms with Gasteiger partial charge in [0, 0.05) is 6.42 Å². The van der Waals surface area contributed by atoms with Crippen LogP contribution in [0.25, 0.3) is 0 Å². The summed E-state index contributed by atoms with van der Waals surface area (Å²) in [5.74, 6) is 0.605. The highest BCUT2D eigenvalue weighted by molar-refractivity contribution is 5.86. The molecule has 0 aromatic heterocycles. The third-order valence-electron chi connectivity index (χ3n) is 4.69. The van der Waals surface area contributed by atoms with E-state index < -0.39 is 0 Å². The van der Waals surface area contributed by atoms with Gasteiger partial charge < -0.3 is 4.74 Å². The Morgan fingerprint density at radius 2 is 1.71 bits per heavy atom. The van der Waals surface area contributed by atoms with Crippen molar-refractivity contribution < 1.29 is 9.53 Å². The van der Waals surface area contributed by atoms with Gasteiger partial charge in [0.1, 0.15) is 6.10 Å². The first-order valence-electron chi connectivity index (χ1n) is 7.63. The van der Waals surface area contributed by atoms with Crippen molar-refractivity contribution in [3.8, 4) is 0 Å². The van der Waals surface area contributed by atoms with Gasteiger partial charge in [-0.25, -0.2) is 0 Å². The van der Waals surface area contributed by atoms with Crippen LogP contribution >= 0.6 is 0 Å². The van der Waals surface area contributed by atoms with E-state index in [0.29, 0.717) is 18.9 Å². The summed E-state index contributed by atoms with van der Waals surface area (Å²) in [7, 11) is 0. The molecular weight excluding hydrogens is 260 g/mol. The second-order valence-corrected chi connectivity index (χ2v) is 5.97. The minimum Gasteiger partial charge on any atom is -0.365 e. The summed E-state index contributed by atoms with van der Waals surface area (Å²) in [6.07, 6.45) is 2.17. The second-order valence-electron chi connectivity index (χ2n) is 5.97. The van der Waals surface area contributed by atoms with Gasteiger partial charge in [0.2, 0.25) is 0 Å². The Labute approximate surface area is 124 Å². The van der Waals surface area contributed by atoms with Crippen LogP contribution in [-0.4, -0.2) is 12.4 Å². The number of fused-ring (bicyclic) bond motifs is 2. The van der Waals surface area contributed by atoms with E-state index in [4.69, 9.17) is 4.74 Å². The Kier molecular flexibility index (Phi) is 3.12. The molecule has 0 fully saturated rings. The largest absolute Gasteiger partial charge is 0.365 e. The monoisotopic (exact) mass is 278 g/mol. The van der Waals surface area contributed by atoms with Gasteiger partial charge in [-0.05, 0) is 41.0 Å². The number of Topliss-reactive ketones (excluding diaryl/α,β-unsaturated/α-hetero) is 1. The van der Waals surface area contributed by atoms with E-state index in [1.165, 1.54) is 16.7 Å². The number of rotatable bonds is 3. The van der Waals surface area contributed by atoms with Crippen LogP contribution in [0.3, 0.4) is 0 Å². The van der Waals surface area contributed by atoms with Crippen LogP contribution in [0.4, 0.5) is 0 Å². The van der Waals surface area contributed by atoms with Crippen molar-refractivity contribution in [2.24, 2.45) is 0 Å². The van der Waals surface area contributed by atoms with E-state index in [2.05, 4.69) is 30.3 Å². The third kappa shape index (κ3) is 2.20. The standard InChI is InChI=1S/C19H18O2/c20-18(12-15-11-14-6-2-3-7-16(14)15)19-17-8-4-1-5-13(17)9-10-21-19/h1-8,15,19H,9-12H2. The molecule has 0 radical (unpaired) electrons.